The number of ether oxygens (including phenoxy) is 1. The number of pyridine rings is 1. The Kier molecular flexibility index (Phi) is 11.6. The summed E-state index contributed by atoms with van der Waals surface area (Å²) < 4.78 is 12.1. The van der Waals surface area contributed by atoms with Gasteiger partial charge in [0, 0.05) is 23.2 Å². The lowest BCUT2D eigenvalue weighted by molar-refractivity contribution is -0.128. The first kappa shape index (κ1) is 35.0. The molecule has 1 unspecified atom stereocenters. The number of nitrogens with zero attached hydrogens (tertiary/aromatic N) is 1. The second-order valence-corrected chi connectivity index (χ2v) is 16.5. The highest BCUT2D eigenvalue weighted by Gasteiger charge is 2.35. The zero-order valence-electron chi connectivity index (χ0n) is 28.2. The number of nitrogens with one attached hydrogen (secondary N) is 2. The van der Waals surface area contributed by atoms with Gasteiger partial charge in [-0.1, -0.05) is 95.1 Å². The van der Waals surface area contributed by atoms with Crippen molar-refractivity contribution in [2.75, 3.05) is 11.9 Å². The first-order valence-electron chi connectivity index (χ1n) is 16.1. The van der Waals surface area contributed by atoms with Crippen LogP contribution in [0.4, 0.5) is 10.6 Å². The number of alkyl carbamates (subject to hydrolysis) is 1. The molecule has 2 N–H and O–H groups in total. The minimum absolute atomic E-state index is 0.0312. The number of ketones is 1. The number of carbonyl (C=O) groups is 3. The molecule has 2 aromatic carbocycles. The van der Waals surface area contributed by atoms with E-state index in [1.165, 1.54) is 11.8 Å². The Morgan fingerprint density at radius 3 is 2.13 bits per heavy atom. The highest BCUT2D eigenvalue weighted by Crippen LogP contribution is 2.32. The average molecular weight is 643 g/mol. The van der Waals surface area contributed by atoms with Crippen LogP contribution < -0.4 is 21.0 Å². The summed E-state index contributed by atoms with van der Waals surface area (Å²) in [5.41, 5.74) is 1.13. The summed E-state index contributed by atoms with van der Waals surface area (Å²) in [6, 6.07) is 21.6. The van der Waals surface area contributed by atoms with Gasteiger partial charge in [0.15, 0.2) is 11.9 Å². The van der Waals surface area contributed by atoms with E-state index < -0.39 is 32.7 Å². The third-order valence-electron chi connectivity index (χ3n) is 8.19. The van der Waals surface area contributed by atoms with Crippen molar-refractivity contribution in [3.05, 3.63) is 84.1 Å². The summed E-state index contributed by atoms with van der Waals surface area (Å²) in [5, 5.41) is 7.69. The molecule has 2 amide bonds. The van der Waals surface area contributed by atoms with Crippen molar-refractivity contribution in [1.82, 2.24) is 10.3 Å². The van der Waals surface area contributed by atoms with Gasteiger partial charge in [-0.2, -0.15) is 0 Å². The van der Waals surface area contributed by atoms with Crippen LogP contribution >= 0.6 is 0 Å². The van der Waals surface area contributed by atoms with Gasteiger partial charge in [0.05, 0.1) is 6.61 Å². The van der Waals surface area contributed by atoms with Crippen molar-refractivity contribution in [1.29, 1.82) is 0 Å². The smallest absolute Gasteiger partial charge is 0.408 e. The van der Waals surface area contributed by atoms with Crippen molar-refractivity contribution in [3.63, 3.8) is 0 Å². The van der Waals surface area contributed by atoms with Crippen LogP contribution in [-0.4, -0.2) is 50.1 Å². The molecule has 4 rings (SSSR count). The summed E-state index contributed by atoms with van der Waals surface area (Å²) >= 11 is 0. The van der Waals surface area contributed by atoms with E-state index in [0.29, 0.717) is 11.5 Å². The zero-order chi connectivity index (χ0) is 33.5. The molecule has 245 valence electrons. The predicted molar refractivity (Wildman–Crippen MR) is 184 cm³/mol. The van der Waals surface area contributed by atoms with Crippen LogP contribution in [0.5, 0.6) is 0 Å². The first-order chi connectivity index (χ1) is 21.7. The van der Waals surface area contributed by atoms with Gasteiger partial charge in [-0.25, -0.2) is 9.78 Å². The Morgan fingerprint density at radius 1 is 0.891 bits per heavy atom. The second-order valence-electron chi connectivity index (χ2n) is 14.4. The molecular weight excluding hydrogens is 595 g/mol. The van der Waals surface area contributed by atoms with E-state index in [1.54, 1.807) is 12.1 Å². The maximum absolute atomic E-state index is 13.5. The Morgan fingerprint density at radius 2 is 1.52 bits per heavy atom. The number of hydrogen-bond donors (Lipinski definition) is 2. The Hall–Kier alpha value is -3.82. The molecule has 0 aliphatic heterocycles. The lowest BCUT2D eigenvalue weighted by Gasteiger charge is -2.32. The van der Waals surface area contributed by atoms with Crippen molar-refractivity contribution >= 4 is 43.0 Å². The number of carbonyl (C=O) groups excluding carboxylic acids is 3. The molecule has 1 aliphatic carbocycles. The van der Waals surface area contributed by atoms with Gasteiger partial charge >= 0.3 is 6.09 Å². The van der Waals surface area contributed by atoms with E-state index in [1.807, 2.05) is 51.1 Å². The molecule has 0 bridgehead atoms. The second kappa shape index (κ2) is 15.2. The molecule has 1 saturated carbocycles. The van der Waals surface area contributed by atoms with Crippen LogP contribution in [0.15, 0.2) is 72.9 Å². The number of Topliss-reactive ketones (excluding diaryl/α,β-unsaturated/α-hetero) is 1. The SMILES string of the molecule is CC1CCC(C(OC(=O)NC(C)(C)C)C(=O)Nc2cc(C(=O)CO[Si](c3ccccc3)c3ccc(C(C)(C)C)cc3)ccn2)CC1. The molecule has 3 aromatic rings. The van der Waals surface area contributed by atoms with Crippen LogP contribution in [0.1, 0.15) is 90.1 Å². The molecule has 0 spiro atoms. The van der Waals surface area contributed by atoms with Crippen molar-refractivity contribution in [3.8, 4) is 0 Å². The maximum atomic E-state index is 13.5. The quantitative estimate of drug-likeness (QED) is 0.206. The molecule has 9 heteroatoms. The van der Waals surface area contributed by atoms with E-state index in [2.05, 4.69) is 67.6 Å². The van der Waals surface area contributed by atoms with Crippen molar-refractivity contribution in [2.45, 2.75) is 91.2 Å². The number of anilines is 1. The highest BCUT2D eigenvalue weighted by molar-refractivity contribution is 6.80. The van der Waals surface area contributed by atoms with Gasteiger partial charge in [0.25, 0.3) is 14.9 Å². The molecular formula is C37H48N3O5Si. The largest absolute Gasteiger partial charge is 0.436 e. The average Bonchev–Trinajstić information content (AvgIpc) is 3.00. The van der Waals surface area contributed by atoms with Crippen LogP contribution in [0, 0.1) is 11.8 Å². The van der Waals surface area contributed by atoms with Crippen LogP contribution in [0.3, 0.4) is 0 Å². The fourth-order valence-corrected chi connectivity index (χ4v) is 7.45. The zero-order valence-corrected chi connectivity index (χ0v) is 29.2. The minimum Gasteiger partial charge on any atom is -0.436 e. The molecule has 0 saturated heterocycles. The predicted octanol–water partition coefficient (Wildman–Crippen LogP) is 6.04. The normalized spacial score (nSPS) is 17.7. The fourth-order valence-electron chi connectivity index (χ4n) is 5.54. The van der Waals surface area contributed by atoms with Crippen LogP contribution in [0.25, 0.3) is 0 Å². The molecule has 1 aliphatic rings. The van der Waals surface area contributed by atoms with E-state index >= 15 is 0 Å². The Bertz CT molecular complexity index is 1470. The minimum atomic E-state index is -1.70. The number of hydrogen-bond acceptors (Lipinski definition) is 6. The van der Waals surface area contributed by atoms with Crippen LogP contribution in [0.2, 0.25) is 0 Å². The lowest BCUT2D eigenvalue weighted by atomic mass is 9.80. The van der Waals surface area contributed by atoms with Gasteiger partial charge < -0.3 is 19.8 Å². The first-order valence-corrected chi connectivity index (χ1v) is 17.6. The summed E-state index contributed by atoms with van der Waals surface area (Å²) in [5.74, 6) is 0.0143. The molecule has 8 nitrogen and oxygen atoms in total. The topological polar surface area (TPSA) is 107 Å². The summed E-state index contributed by atoms with van der Waals surface area (Å²) in [6.45, 7) is 14.2. The van der Waals surface area contributed by atoms with Gasteiger partial charge in [-0.05, 0) is 73.0 Å². The van der Waals surface area contributed by atoms with E-state index in [0.717, 1.165) is 36.1 Å². The van der Waals surface area contributed by atoms with E-state index in [-0.39, 0.29) is 29.5 Å². The van der Waals surface area contributed by atoms with Crippen LogP contribution in [-0.2, 0) is 19.4 Å². The molecule has 46 heavy (non-hydrogen) atoms. The number of aromatic nitrogens is 1. The van der Waals surface area contributed by atoms with E-state index in [9.17, 15) is 14.4 Å². The number of amides is 2. The van der Waals surface area contributed by atoms with Gasteiger partial charge in [0.2, 0.25) is 0 Å². The third kappa shape index (κ3) is 10.1. The number of benzene rings is 2. The Balaban J connectivity index is 1.47. The Labute approximate surface area is 275 Å². The highest BCUT2D eigenvalue weighted by atomic mass is 28.3. The summed E-state index contributed by atoms with van der Waals surface area (Å²) in [6.07, 6.45) is 3.39. The number of rotatable bonds is 10. The van der Waals surface area contributed by atoms with Gasteiger partial charge in [-0.15, -0.1) is 0 Å². The summed E-state index contributed by atoms with van der Waals surface area (Å²) in [4.78, 5) is 43.9. The molecule has 1 aromatic heterocycles. The fraction of sp³-hybridized carbons (Fsp3) is 0.459. The summed E-state index contributed by atoms with van der Waals surface area (Å²) in [7, 11) is -1.70. The monoisotopic (exact) mass is 642 g/mol. The standard InChI is InChI=1S/C37H48N3O5Si/c1-25-13-15-26(16-14-25)33(45-35(43)40-37(5,6)7)34(42)39-32-23-27(21-22-38-32)31(41)24-44-46(29-11-9-8-10-12-29)30-19-17-28(18-20-30)36(2,3)4/h8-12,17-23,25-26,33H,13-16,24H2,1-7H3,(H,40,43)(H,38,39,42). The molecule has 1 heterocycles. The van der Waals surface area contributed by atoms with Gasteiger partial charge in [-0.3, -0.25) is 9.59 Å². The van der Waals surface area contributed by atoms with Gasteiger partial charge in [0.1, 0.15) is 5.82 Å². The lowest BCUT2D eigenvalue weighted by Crippen LogP contribution is -2.47. The molecule has 1 fully saturated rings. The van der Waals surface area contributed by atoms with Crippen molar-refractivity contribution in [2.24, 2.45) is 11.8 Å². The third-order valence-corrected chi connectivity index (χ3v) is 10.3. The van der Waals surface area contributed by atoms with E-state index in [4.69, 9.17) is 9.16 Å². The molecule has 1 radical (unpaired) electrons. The van der Waals surface area contributed by atoms with Crippen molar-refractivity contribution < 1.29 is 23.5 Å². The maximum Gasteiger partial charge on any atom is 0.408 e. The molecule has 1 atom stereocenters.